The summed E-state index contributed by atoms with van der Waals surface area (Å²) >= 11 is 0. The van der Waals surface area contributed by atoms with E-state index in [-0.39, 0.29) is 51.1 Å². The molecule has 0 aromatic rings. The highest BCUT2D eigenvalue weighted by atomic mass is 16.1. The van der Waals surface area contributed by atoms with Crippen molar-refractivity contribution >= 4 is 17.5 Å². The van der Waals surface area contributed by atoms with E-state index in [0.29, 0.717) is 11.5 Å². The van der Waals surface area contributed by atoms with Crippen molar-refractivity contribution in [3.05, 3.63) is 23.3 Å². The van der Waals surface area contributed by atoms with Gasteiger partial charge in [0.25, 0.3) is 0 Å². The molecule has 6 rings (SSSR count). The topological polar surface area (TPSA) is 108 Å². The van der Waals surface area contributed by atoms with Gasteiger partial charge in [0, 0.05) is 29.3 Å². The quantitative estimate of drug-likeness (QED) is 0.366. The van der Waals surface area contributed by atoms with Crippen molar-refractivity contribution < 1.29 is 9.59 Å². The van der Waals surface area contributed by atoms with Crippen LogP contribution in [0.2, 0.25) is 0 Å². The molecule has 6 nitrogen and oxygen atoms in total. The molecule has 0 radical (unpaired) electrons. The second-order valence-corrected chi connectivity index (χ2v) is 15.1. The van der Waals surface area contributed by atoms with Crippen LogP contribution in [0.25, 0.3) is 0 Å². The molecular formula is C32H44N4O2. The van der Waals surface area contributed by atoms with Crippen molar-refractivity contribution in [2.75, 3.05) is 7.05 Å². The molecule has 6 aliphatic carbocycles. The lowest BCUT2D eigenvalue weighted by molar-refractivity contribution is -0.158. The van der Waals surface area contributed by atoms with Gasteiger partial charge < -0.3 is 11.1 Å². The van der Waals surface area contributed by atoms with Crippen LogP contribution >= 0.6 is 0 Å². The fourth-order valence-electron chi connectivity index (χ4n) is 10.5. The van der Waals surface area contributed by atoms with Gasteiger partial charge in [-0.2, -0.15) is 5.26 Å². The average Bonchev–Trinajstić information content (AvgIpc) is 3.65. The maximum absolute atomic E-state index is 14.5. The second-order valence-electron chi connectivity index (χ2n) is 15.1. The molecule has 7 atom stereocenters. The summed E-state index contributed by atoms with van der Waals surface area (Å²) < 4.78 is 0. The van der Waals surface area contributed by atoms with Crippen molar-refractivity contribution in [3.63, 3.8) is 0 Å². The van der Waals surface area contributed by atoms with E-state index in [1.165, 1.54) is 5.57 Å². The molecule has 0 amide bonds. The molecule has 6 heteroatoms. The van der Waals surface area contributed by atoms with Crippen LogP contribution in [-0.4, -0.2) is 30.1 Å². The van der Waals surface area contributed by atoms with Gasteiger partial charge in [0.15, 0.2) is 17.5 Å². The smallest absolute Gasteiger partial charge is 0.188 e. The van der Waals surface area contributed by atoms with Crippen LogP contribution < -0.4 is 11.1 Å². The predicted octanol–water partition coefficient (Wildman–Crippen LogP) is 5.25. The minimum absolute atomic E-state index is 0.0473. The Hall–Kier alpha value is -2.42. The molecule has 4 saturated carbocycles. The third-order valence-electron chi connectivity index (χ3n) is 12.9. The largest absolute Gasteiger partial charge is 0.370 e. The van der Waals surface area contributed by atoms with Crippen molar-refractivity contribution in [2.45, 2.75) is 97.9 Å². The molecule has 204 valence electrons. The lowest BCUT2D eigenvalue weighted by Gasteiger charge is -2.69. The molecule has 4 fully saturated rings. The zero-order valence-electron chi connectivity index (χ0n) is 24.0. The molecule has 0 unspecified atom stereocenters. The standard InChI is InChI=1S/C32H44N4O2/c1-27(2)9-13-32(36-26(34)35-6)14-10-30(5)24(20(32)17-27)21(37)15-23-28(3)16-19(18-33)25(38)31(11-12-31)22(28)7-8-29(23,30)4/h15-16,20,22,24H,7-14,17H2,1-6H3,(H3,34,35,36)/t20-,22+,24-,28-,29+,30+,32-/m0/s1. The lowest BCUT2D eigenvalue weighted by atomic mass is 9.35. The molecule has 0 bridgehead atoms. The number of nitrogens with one attached hydrogen (secondary N) is 1. The van der Waals surface area contributed by atoms with Crippen LogP contribution in [0, 0.1) is 56.2 Å². The Morgan fingerprint density at radius 2 is 1.74 bits per heavy atom. The van der Waals surface area contributed by atoms with Gasteiger partial charge in [-0.25, -0.2) is 0 Å². The van der Waals surface area contributed by atoms with E-state index < -0.39 is 10.8 Å². The summed E-state index contributed by atoms with van der Waals surface area (Å²) in [5, 5.41) is 13.6. The van der Waals surface area contributed by atoms with Crippen LogP contribution in [0.15, 0.2) is 28.3 Å². The van der Waals surface area contributed by atoms with E-state index in [1.807, 2.05) is 12.2 Å². The van der Waals surface area contributed by atoms with Gasteiger partial charge in [0.05, 0.1) is 5.57 Å². The molecule has 0 aliphatic heterocycles. The average molecular weight is 517 g/mol. The van der Waals surface area contributed by atoms with Gasteiger partial charge in [0.2, 0.25) is 0 Å². The second kappa shape index (κ2) is 7.61. The van der Waals surface area contributed by atoms with Crippen molar-refractivity contribution in [1.82, 2.24) is 5.32 Å². The lowest BCUT2D eigenvalue weighted by Crippen LogP contribution is -2.70. The number of Topliss-reactive ketones (excluding diaryl/α,β-unsaturated/α-hetero) is 1. The van der Waals surface area contributed by atoms with E-state index in [4.69, 9.17) is 5.73 Å². The number of guanidine groups is 1. The SMILES string of the molecule is CN=C(N)N[C@]12CCC(C)(C)C[C@H]1[C@H]1C(=O)C=C3[C@@]4(C)C=C(C#N)C(=O)C5(CC5)[C@@H]4CC[C@@]3(C)[C@]1(C)CC2. The third kappa shape index (κ3) is 3.02. The Morgan fingerprint density at radius 1 is 1.05 bits per heavy atom. The number of rotatable bonds is 1. The minimum Gasteiger partial charge on any atom is -0.370 e. The third-order valence-corrected chi connectivity index (χ3v) is 12.9. The summed E-state index contributed by atoms with van der Waals surface area (Å²) in [5.74, 6) is 0.993. The van der Waals surface area contributed by atoms with Crippen LogP contribution in [0.1, 0.15) is 92.4 Å². The molecule has 38 heavy (non-hydrogen) atoms. The summed E-state index contributed by atoms with van der Waals surface area (Å²) in [6, 6.07) is 2.24. The molecule has 6 aliphatic rings. The van der Waals surface area contributed by atoms with E-state index in [2.05, 4.69) is 51.0 Å². The van der Waals surface area contributed by atoms with Crippen LogP contribution in [0.4, 0.5) is 0 Å². The number of fused-ring (bicyclic) bond motifs is 8. The number of carbonyl (C=O) groups excluding carboxylic acids is 2. The summed E-state index contributed by atoms with van der Waals surface area (Å²) in [7, 11) is 1.72. The number of carbonyl (C=O) groups is 2. The first kappa shape index (κ1) is 25.8. The molecular weight excluding hydrogens is 472 g/mol. The monoisotopic (exact) mass is 516 g/mol. The zero-order valence-corrected chi connectivity index (χ0v) is 24.0. The molecule has 3 N–H and O–H groups in total. The van der Waals surface area contributed by atoms with E-state index in [1.54, 1.807) is 7.05 Å². The van der Waals surface area contributed by atoms with E-state index in [9.17, 15) is 14.9 Å². The van der Waals surface area contributed by atoms with E-state index >= 15 is 0 Å². The number of nitriles is 1. The number of ketones is 2. The van der Waals surface area contributed by atoms with Crippen molar-refractivity contribution in [1.29, 1.82) is 5.26 Å². The van der Waals surface area contributed by atoms with Crippen LogP contribution in [-0.2, 0) is 9.59 Å². The fraction of sp³-hybridized carbons (Fsp3) is 0.750. The number of nitrogens with two attached hydrogens (primary N) is 1. The maximum atomic E-state index is 14.5. The van der Waals surface area contributed by atoms with Crippen molar-refractivity contribution in [3.8, 4) is 6.07 Å². The summed E-state index contributed by atoms with van der Waals surface area (Å²) in [6.45, 7) is 11.7. The highest BCUT2D eigenvalue weighted by Gasteiger charge is 2.72. The first-order chi connectivity index (χ1) is 17.7. The van der Waals surface area contributed by atoms with Gasteiger partial charge in [-0.15, -0.1) is 0 Å². The number of allylic oxidation sites excluding steroid dienone is 4. The number of nitrogens with zero attached hydrogens (tertiary/aromatic N) is 2. The Labute approximate surface area is 227 Å². The van der Waals surface area contributed by atoms with Gasteiger partial charge >= 0.3 is 0 Å². The first-order valence-electron chi connectivity index (χ1n) is 14.7. The van der Waals surface area contributed by atoms with Crippen LogP contribution in [0.3, 0.4) is 0 Å². The highest BCUT2D eigenvalue weighted by Crippen LogP contribution is 2.76. The fourth-order valence-corrected chi connectivity index (χ4v) is 10.5. The Balaban J connectivity index is 1.50. The molecule has 0 aromatic heterocycles. The predicted molar refractivity (Wildman–Crippen MR) is 148 cm³/mol. The first-order valence-corrected chi connectivity index (χ1v) is 14.7. The van der Waals surface area contributed by atoms with Gasteiger partial charge in [0.1, 0.15) is 6.07 Å². The normalized spacial score (nSPS) is 46.4. The van der Waals surface area contributed by atoms with Gasteiger partial charge in [-0.1, -0.05) is 46.3 Å². The zero-order chi connectivity index (χ0) is 27.5. The molecule has 0 aromatic carbocycles. The Morgan fingerprint density at radius 3 is 2.37 bits per heavy atom. The Kier molecular flexibility index (Phi) is 5.17. The summed E-state index contributed by atoms with van der Waals surface area (Å²) in [6.07, 6.45) is 12.6. The van der Waals surface area contributed by atoms with E-state index in [0.717, 1.165) is 57.8 Å². The van der Waals surface area contributed by atoms with Gasteiger partial charge in [-0.05, 0) is 91.9 Å². The Bertz CT molecular complexity index is 1260. The minimum atomic E-state index is -0.440. The molecule has 0 saturated heterocycles. The number of hydrogen-bond acceptors (Lipinski definition) is 4. The van der Waals surface area contributed by atoms with Crippen molar-refractivity contribution in [2.24, 2.45) is 55.6 Å². The van der Waals surface area contributed by atoms with Crippen LogP contribution in [0.5, 0.6) is 0 Å². The number of aliphatic imine (C=N–C) groups is 1. The van der Waals surface area contributed by atoms with Gasteiger partial charge in [-0.3, -0.25) is 14.6 Å². The summed E-state index contributed by atoms with van der Waals surface area (Å²) in [5.41, 5.74) is 6.49. The molecule has 0 heterocycles. The highest BCUT2D eigenvalue weighted by molar-refractivity contribution is 6.06. The maximum Gasteiger partial charge on any atom is 0.188 e. The summed E-state index contributed by atoms with van der Waals surface area (Å²) in [4.78, 5) is 32.0. The number of hydrogen-bond donors (Lipinski definition) is 2. The molecule has 1 spiro atoms.